The highest BCUT2D eigenvalue weighted by Gasteiger charge is 2.08. The van der Waals surface area contributed by atoms with Crippen LogP contribution in [-0.2, 0) is 4.79 Å². The lowest BCUT2D eigenvalue weighted by Crippen LogP contribution is -2.35. The van der Waals surface area contributed by atoms with E-state index in [2.05, 4.69) is 5.32 Å². The molecule has 0 aliphatic heterocycles. The molecule has 0 aliphatic rings. The molecule has 0 fully saturated rings. The summed E-state index contributed by atoms with van der Waals surface area (Å²) in [5, 5.41) is 3.00. The number of hydrogen-bond donors (Lipinski definition) is 1. The van der Waals surface area contributed by atoms with E-state index >= 15 is 0 Å². The fraction of sp³-hybridized carbons (Fsp3) is 0.462. The minimum atomic E-state index is -0.231. The van der Waals surface area contributed by atoms with Crippen LogP contribution in [0.1, 0.15) is 19.4 Å². The average molecular weight is 238 g/mol. The number of nitrogens with zero attached hydrogens (tertiary/aromatic N) is 1. The van der Waals surface area contributed by atoms with Gasteiger partial charge in [-0.05, 0) is 44.5 Å². The summed E-state index contributed by atoms with van der Waals surface area (Å²) in [6.07, 6.45) is 0. The van der Waals surface area contributed by atoms with Gasteiger partial charge in [0.1, 0.15) is 5.82 Å². The van der Waals surface area contributed by atoms with Crippen molar-refractivity contribution in [2.45, 2.75) is 20.8 Å². The smallest absolute Gasteiger partial charge is 0.241 e. The van der Waals surface area contributed by atoms with E-state index in [0.717, 1.165) is 5.69 Å². The van der Waals surface area contributed by atoms with Crippen LogP contribution in [0.15, 0.2) is 18.2 Å². The second-order valence-corrected chi connectivity index (χ2v) is 3.88. The van der Waals surface area contributed by atoms with Crippen LogP contribution in [0, 0.1) is 12.7 Å². The second-order valence-electron chi connectivity index (χ2n) is 3.88. The average Bonchev–Trinajstić information content (AvgIpc) is 2.32. The Bertz CT molecular complexity index is 389. The maximum absolute atomic E-state index is 13.0. The van der Waals surface area contributed by atoms with Crippen molar-refractivity contribution in [1.82, 2.24) is 4.90 Å². The molecule has 1 aromatic rings. The number of nitrogens with one attached hydrogen (secondary N) is 1. The number of halogens is 1. The summed E-state index contributed by atoms with van der Waals surface area (Å²) in [6, 6.07) is 4.74. The summed E-state index contributed by atoms with van der Waals surface area (Å²) in [5.41, 5.74) is 1.34. The highest BCUT2D eigenvalue weighted by Crippen LogP contribution is 2.13. The fourth-order valence-corrected chi connectivity index (χ4v) is 1.62. The van der Waals surface area contributed by atoms with Crippen LogP contribution in [0.25, 0.3) is 0 Å². The van der Waals surface area contributed by atoms with Crippen molar-refractivity contribution in [3.8, 4) is 0 Å². The van der Waals surface area contributed by atoms with Gasteiger partial charge in [-0.1, -0.05) is 0 Å². The number of benzene rings is 1. The Hall–Kier alpha value is -1.58. The molecule has 1 rings (SSSR count). The highest BCUT2D eigenvalue weighted by molar-refractivity contribution is 5.80. The van der Waals surface area contributed by atoms with Gasteiger partial charge < -0.3 is 10.2 Å². The fourth-order valence-electron chi connectivity index (χ4n) is 1.62. The molecule has 0 aromatic heterocycles. The van der Waals surface area contributed by atoms with Crippen molar-refractivity contribution < 1.29 is 9.18 Å². The molecule has 94 valence electrons. The molecule has 1 N–H and O–H groups in total. The largest absolute Gasteiger partial charge is 0.376 e. The lowest BCUT2D eigenvalue weighted by Gasteiger charge is -2.19. The molecule has 0 saturated heterocycles. The number of carbonyl (C=O) groups excluding carboxylic acids is 1. The van der Waals surface area contributed by atoms with Gasteiger partial charge in [0.05, 0.1) is 6.54 Å². The van der Waals surface area contributed by atoms with Crippen LogP contribution in [0.5, 0.6) is 0 Å². The molecule has 1 amide bonds. The zero-order valence-electron chi connectivity index (χ0n) is 10.6. The number of amides is 1. The van der Waals surface area contributed by atoms with Crippen LogP contribution in [-0.4, -0.2) is 30.4 Å². The SMILES string of the molecule is CCN(CC)C(=O)CNc1ccc(F)c(C)c1. The molecule has 3 nitrogen and oxygen atoms in total. The molecule has 0 bridgehead atoms. The van der Waals surface area contributed by atoms with Gasteiger partial charge in [-0.25, -0.2) is 4.39 Å². The Morgan fingerprint density at radius 2 is 2.00 bits per heavy atom. The van der Waals surface area contributed by atoms with Gasteiger partial charge in [0, 0.05) is 18.8 Å². The minimum Gasteiger partial charge on any atom is -0.376 e. The molecule has 0 aliphatic carbocycles. The Morgan fingerprint density at radius 3 is 2.53 bits per heavy atom. The van der Waals surface area contributed by atoms with Crippen molar-refractivity contribution in [3.05, 3.63) is 29.6 Å². The van der Waals surface area contributed by atoms with Crippen LogP contribution in [0.3, 0.4) is 0 Å². The maximum Gasteiger partial charge on any atom is 0.241 e. The van der Waals surface area contributed by atoms with Gasteiger partial charge >= 0.3 is 0 Å². The molecule has 0 heterocycles. The monoisotopic (exact) mass is 238 g/mol. The molecule has 0 spiro atoms. The molecule has 4 heteroatoms. The van der Waals surface area contributed by atoms with E-state index in [4.69, 9.17) is 0 Å². The Balaban J connectivity index is 2.55. The lowest BCUT2D eigenvalue weighted by atomic mass is 10.2. The first-order valence-corrected chi connectivity index (χ1v) is 5.86. The molecule has 0 saturated carbocycles. The molecule has 1 aromatic carbocycles. The van der Waals surface area contributed by atoms with Gasteiger partial charge in [0.15, 0.2) is 0 Å². The zero-order valence-corrected chi connectivity index (χ0v) is 10.6. The number of anilines is 1. The molecular weight excluding hydrogens is 219 g/mol. The molecule has 0 unspecified atom stereocenters. The Morgan fingerprint density at radius 1 is 1.35 bits per heavy atom. The van der Waals surface area contributed by atoms with Gasteiger partial charge in [0.2, 0.25) is 5.91 Å². The Labute approximate surface area is 102 Å². The predicted molar refractivity (Wildman–Crippen MR) is 67.6 cm³/mol. The van der Waals surface area contributed by atoms with Crippen molar-refractivity contribution in [1.29, 1.82) is 0 Å². The van der Waals surface area contributed by atoms with Gasteiger partial charge in [-0.3, -0.25) is 4.79 Å². The summed E-state index contributed by atoms with van der Waals surface area (Å²) in [4.78, 5) is 13.5. The van der Waals surface area contributed by atoms with E-state index in [1.165, 1.54) is 6.07 Å². The Kier molecular flexibility index (Phi) is 4.94. The first kappa shape index (κ1) is 13.5. The van der Waals surface area contributed by atoms with Gasteiger partial charge in [-0.15, -0.1) is 0 Å². The minimum absolute atomic E-state index is 0.0528. The highest BCUT2D eigenvalue weighted by atomic mass is 19.1. The standard InChI is InChI=1S/C13H19FN2O/c1-4-16(5-2)13(17)9-15-11-6-7-12(14)10(3)8-11/h6-8,15H,4-5,9H2,1-3H3. The van der Waals surface area contributed by atoms with E-state index in [1.54, 1.807) is 24.0 Å². The van der Waals surface area contributed by atoms with Gasteiger partial charge in [-0.2, -0.15) is 0 Å². The quantitative estimate of drug-likeness (QED) is 0.854. The summed E-state index contributed by atoms with van der Waals surface area (Å²) in [5.74, 6) is -0.178. The summed E-state index contributed by atoms with van der Waals surface area (Å²) in [7, 11) is 0. The summed E-state index contributed by atoms with van der Waals surface area (Å²) in [6.45, 7) is 7.26. The lowest BCUT2D eigenvalue weighted by molar-refractivity contribution is -0.128. The van der Waals surface area contributed by atoms with Gasteiger partial charge in [0.25, 0.3) is 0 Å². The van der Waals surface area contributed by atoms with E-state index < -0.39 is 0 Å². The molecular formula is C13H19FN2O. The number of hydrogen-bond acceptors (Lipinski definition) is 2. The summed E-state index contributed by atoms with van der Waals surface area (Å²) < 4.78 is 13.0. The third-order valence-electron chi connectivity index (χ3n) is 2.72. The van der Waals surface area contributed by atoms with Crippen LogP contribution < -0.4 is 5.32 Å². The second kappa shape index (κ2) is 6.23. The maximum atomic E-state index is 13.0. The number of aryl methyl sites for hydroxylation is 1. The number of carbonyl (C=O) groups is 1. The van der Waals surface area contributed by atoms with E-state index in [9.17, 15) is 9.18 Å². The number of rotatable bonds is 5. The first-order valence-electron chi connectivity index (χ1n) is 5.86. The van der Waals surface area contributed by atoms with Crippen molar-refractivity contribution in [2.24, 2.45) is 0 Å². The normalized spacial score (nSPS) is 10.1. The van der Waals surface area contributed by atoms with E-state index in [-0.39, 0.29) is 18.3 Å². The van der Waals surface area contributed by atoms with Crippen molar-refractivity contribution in [3.63, 3.8) is 0 Å². The topological polar surface area (TPSA) is 32.3 Å². The predicted octanol–water partition coefficient (Wildman–Crippen LogP) is 2.41. The summed E-state index contributed by atoms with van der Waals surface area (Å²) >= 11 is 0. The molecule has 17 heavy (non-hydrogen) atoms. The van der Waals surface area contributed by atoms with Crippen molar-refractivity contribution in [2.75, 3.05) is 25.0 Å². The zero-order chi connectivity index (χ0) is 12.8. The van der Waals surface area contributed by atoms with Crippen LogP contribution in [0.2, 0.25) is 0 Å². The third-order valence-corrected chi connectivity index (χ3v) is 2.72. The first-order chi connectivity index (χ1) is 8.08. The van der Waals surface area contributed by atoms with E-state index in [1.807, 2.05) is 13.8 Å². The van der Waals surface area contributed by atoms with E-state index in [0.29, 0.717) is 18.7 Å². The van der Waals surface area contributed by atoms with Crippen LogP contribution in [0.4, 0.5) is 10.1 Å². The van der Waals surface area contributed by atoms with Crippen molar-refractivity contribution >= 4 is 11.6 Å². The molecule has 0 atom stereocenters. The number of likely N-dealkylation sites (N-methyl/N-ethyl adjacent to an activating group) is 1. The molecule has 0 radical (unpaired) electrons. The van der Waals surface area contributed by atoms with Crippen LogP contribution >= 0.6 is 0 Å². The third kappa shape index (κ3) is 3.73.